The summed E-state index contributed by atoms with van der Waals surface area (Å²) in [7, 11) is 1.46. The first-order chi connectivity index (χ1) is 11.8. The number of imide groups is 1. The van der Waals surface area contributed by atoms with Crippen LogP contribution in [0.2, 0.25) is 0 Å². The molecule has 0 unspecified atom stereocenters. The molecule has 0 radical (unpaired) electrons. The quantitative estimate of drug-likeness (QED) is 0.852. The Labute approximate surface area is 148 Å². The summed E-state index contributed by atoms with van der Waals surface area (Å²) in [5.74, 6) is -1.27. The van der Waals surface area contributed by atoms with Crippen LogP contribution in [0.1, 0.15) is 27.3 Å². The number of carboxylic acids is 1. The monoisotopic (exact) mass is 356 g/mol. The van der Waals surface area contributed by atoms with Crippen molar-refractivity contribution < 1.29 is 19.5 Å². The van der Waals surface area contributed by atoms with Crippen molar-refractivity contribution >= 4 is 35.0 Å². The van der Waals surface area contributed by atoms with Gasteiger partial charge in [0.05, 0.1) is 10.5 Å². The Balaban J connectivity index is 2.01. The number of likely N-dealkylation sites (N-methyl/N-ethyl adjacent to an activating group) is 1. The first kappa shape index (κ1) is 17.0. The first-order valence-electron chi connectivity index (χ1n) is 7.54. The highest BCUT2D eigenvalue weighted by atomic mass is 32.2. The molecule has 2 amide bonds. The van der Waals surface area contributed by atoms with Crippen molar-refractivity contribution in [2.75, 3.05) is 7.05 Å². The van der Waals surface area contributed by atoms with Crippen LogP contribution in [0.5, 0.6) is 0 Å². The molecule has 1 fully saturated rings. The van der Waals surface area contributed by atoms with E-state index < -0.39 is 5.97 Å². The molecule has 3 rings (SSSR count). The minimum atomic E-state index is -0.969. The summed E-state index contributed by atoms with van der Waals surface area (Å²) in [6.45, 7) is 3.85. The van der Waals surface area contributed by atoms with Gasteiger partial charge in [0.15, 0.2) is 0 Å². The molecule has 0 saturated carbocycles. The van der Waals surface area contributed by atoms with Gasteiger partial charge >= 0.3 is 5.97 Å². The van der Waals surface area contributed by atoms with Crippen LogP contribution in [0.4, 0.5) is 4.79 Å². The average molecular weight is 356 g/mol. The summed E-state index contributed by atoms with van der Waals surface area (Å²) < 4.78 is 1.98. The summed E-state index contributed by atoms with van der Waals surface area (Å²) in [5, 5.41) is 8.72. The maximum absolute atomic E-state index is 12.0. The van der Waals surface area contributed by atoms with Crippen molar-refractivity contribution in [1.29, 1.82) is 0 Å². The fourth-order valence-electron chi connectivity index (χ4n) is 2.77. The number of carboxylic acid groups (broad SMARTS) is 1. The van der Waals surface area contributed by atoms with E-state index in [1.54, 1.807) is 30.3 Å². The highest BCUT2D eigenvalue weighted by Crippen LogP contribution is 2.32. The summed E-state index contributed by atoms with van der Waals surface area (Å²) in [5.41, 5.74) is 3.76. The van der Waals surface area contributed by atoms with E-state index in [-0.39, 0.29) is 16.7 Å². The Morgan fingerprint density at radius 2 is 1.80 bits per heavy atom. The summed E-state index contributed by atoms with van der Waals surface area (Å²) >= 11 is 0.925. The highest BCUT2D eigenvalue weighted by Gasteiger charge is 2.32. The number of nitrogens with zero attached hydrogens (tertiary/aromatic N) is 2. The zero-order chi connectivity index (χ0) is 18.3. The Morgan fingerprint density at radius 1 is 1.16 bits per heavy atom. The third-order valence-corrected chi connectivity index (χ3v) is 5.08. The van der Waals surface area contributed by atoms with Gasteiger partial charge in [-0.2, -0.15) is 0 Å². The Kier molecular flexibility index (Phi) is 4.26. The number of thioether (sulfide) groups is 1. The van der Waals surface area contributed by atoms with E-state index in [2.05, 4.69) is 0 Å². The molecule has 1 N–H and O–H groups in total. The van der Waals surface area contributed by atoms with Crippen LogP contribution in [0.25, 0.3) is 11.8 Å². The van der Waals surface area contributed by atoms with Crippen molar-refractivity contribution in [3.63, 3.8) is 0 Å². The average Bonchev–Trinajstić information content (AvgIpc) is 2.98. The van der Waals surface area contributed by atoms with Crippen molar-refractivity contribution in [1.82, 2.24) is 9.47 Å². The van der Waals surface area contributed by atoms with Crippen molar-refractivity contribution in [3.05, 3.63) is 57.8 Å². The number of amides is 2. The molecule has 0 atom stereocenters. The lowest BCUT2D eigenvalue weighted by Gasteiger charge is -2.10. The number of aromatic carboxylic acids is 1. The summed E-state index contributed by atoms with van der Waals surface area (Å²) in [4.78, 5) is 36.2. The Bertz CT molecular complexity index is 925. The van der Waals surface area contributed by atoms with Gasteiger partial charge in [-0.25, -0.2) is 4.79 Å². The molecule has 0 bridgehead atoms. The second-order valence-electron chi connectivity index (χ2n) is 5.75. The van der Waals surface area contributed by atoms with Crippen LogP contribution < -0.4 is 0 Å². The van der Waals surface area contributed by atoms with E-state index in [4.69, 9.17) is 5.11 Å². The van der Waals surface area contributed by atoms with Gasteiger partial charge in [0.25, 0.3) is 11.1 Å². The molecule has 1 aromatic heterocycles. The van der Waals surface area contributed by atoms with Crippen LogP contribution in [0.3, 0.4) is 0 Å². The zero-order valence-corrected chi connectivity index (χ0v) is 14.8. The molecule has 1 aromatic carbocycles. The third kappa shape index (κ3) is 2.98. The number of aryl methyl sites for hydroxylation is 1. The van der Waals surface area contributed by atoms with Crippen molar-refractivity contribution in [3.8, 4) is 5.69 Å². The van der Waals surface area contributed by atoms with Gasteiger partial charge < -0.3 is 9.67 Å². The van der Waals surface area contributed by atoms with E-state index in [1.807, 2.05) is 24.5 Å². The minimum absolute atomic E-state index is 0.225. The standard InChI is InChI=1S/C18H16N2O4S/c1-10-8-13(9-15-16(21)19(3)18(24)25-15)11(2)20(10)14-6-4-12(5-7-14)17(22)23/h4-9H,1-3H3,(H,22,23)/b15-9-. The molecule has 0 aliphatic carbocycles. The lowest BCUT2D eigenvalue weighted by molar-refractivity contribution is -0.121. The molecule has 1 aliphatic rings. The summed E-state index contributed by atoms with van der Waals surface area (Å²) in [6.07, 6.45) is 1.72. The van der Waals surface area contributed by atoms with E-state index in [0.717, 1.165) is 39.3 Å². The molecule has 6 nitrogen and oxygen atoms in total. The van der Waals surface area contributed by atoms with Crippen LogP contribution in [0, 0.1) is 13.8 Å². The molecule has 2 aromatic rings. The maximum atomic E-state index is 12.0. The number of carbonyl (C=O) groups excluding carboxylic acids is 2. The second kappa shape index (κ2) is 6.25. The minimum Gasteiger partial charge on any atom is -0.478 e. The number of hydrogen-bond donors (Lipinski definition) is 1. The summed E-state index contributed by atoms with van der Waals surface area (Å²) in [6, 6.07) is 8.53. The van der Waals surface area contributed by atoms with E-state index in [9.17, 15) is 14.4 Å². The van der Waals surface area contributed by atoms with Crippen LogP contribution in [-0.2, 0) is 4.79 Å². The van der Waals surface area contributed by atoms with Gasteiger partial charge in [-0.05, 0) is 67.6 Å². The smallest absolute Gasteiger partial charge is 0.335 e. The highest BCUT2D eigenvalue weighted by molar-refractivity contribution is 8.18. The van der Waals surface area contributed by atoms with Gasteiger partial charge in [-0.1, -0.05) is 0 Å². The number of rotatable bonds is 3. The molecular weight excluding hydrogens is 340 g/mol. The van der Waals surface area contributed by atoms with E-state index in [0.29, 0.717) is 4.91 Å². The Hall–Kier alpha value is -2.80. The van der Waals surface area contributed by atoms with Gasteiger partial charge in [-0.15, -0.1) is 0 Å². The fraction of sp³-hybridized carbons (Fsp3) is 0.167. The van der Waals surface area contributed by atoms with Crippen LogP contribution >= 0.6 is 11.8 Å². The predicted octanol–water partition coefficient (Wildman–Crippen LogP) is 3.46. The normalized spacial score (nSPS) is 16.1. The Morgan fingerprint density at radius 3 is 2.32 bits per heavy atom. The molecule has 128 valence electrons. The molecule has 1 saturated heterocycles. The van der Waals surface area contributed by atoms with E-state index >= 15 is 0 Å². The molecule has 1 aliphatic heterocycles. The number of benzene rings is 1. The lowest BCUT2D eigenvalue weighted by atomic mass is 10.2. The number of aromatic nitrogens is 1. The molecule has 0 spiro atoms. The van der Waals surface area contributed by atoms with Gasteiger partial charge in [0, 0.05) is 24.1 Å². The zero-order valence-electron chi connectivity index (χ0n) is 13.9. The van der Waals surface area contributed by atoms with Crippen LogP contribution in [-0.4, -0.2) is 38.7 Å². The molecule has 25 heavy (non-hydrogen) atoms. The van der Waals surface area contributed by atoms with E-state index in [1.165, 1.54) is 7.05 Å². The number of hydrogen-bond acceptors (Lipinski definition) is 4. The SMILES string of the molecule is Cc1cc(/C=C2\SC(=O)N(C)C2=O)c(C)n1-c1ccc(C(=O)O)cc1. The van der Waals surface area contributed by atoms with Crippen molar-refractivity contribution in [2.45, 2.75) is 13.8 Å². The van der Waals surface area contributed by atoms with Gasteiger partial charge in [0.2, 0.25) is 0 Å². The van der Waals surface area contributed by atoms with Crippen molar-refractivity contribution in [2.24, 2.45) is 0 Å². The van der Waals surface area contributed by atoms with Gasteiger partial charge in [0.1, 0.15) is 0 Å². The maximum Gasteiger partial charge on any atom is 0.335 e. The molecule has 2 heterocycles. The molecular formula is C18H16N2O4S. The lowest BCUT2D eigenvalue weighted by Crippen LogP contribution is -2.22. The van der Waals surface area contributed by atoms with Crippen LogP contribution in [0.15, 0.2) is 35.2 Å². The third-order valence-electron chi connectivity index (χ3n) is 4.12. The predicted molar refractivity (Wildman–Crippen MR) is 95.9 cm³/mol. The molecule has 7 heteroatoms. The largest absolute Gasteiger partial charge is 0.478 e. The first-order valence-corrected chi connectivity index (χ1v) is 8.35. The fourth-order valence-corrected chi connectivity index (χ4v) is 3.59. The topological polar surface area (TPSA) is 79.6 Å². The second-order valence-corrected chi connectivity index (χ2v) is 6.75. The van der Waals surface area contributed by atoms with Gasteiger partial charge in [-0.3, -0.25) is 14.5 Å². The number of carbonyl (C=O) groups is 3.